The maximum Gasteiger partial charge on any atom is 0.333 e. The maximum absolute atomic E-state index is 11.8. The Hall–Kier alpha value is -0.620. The fourth-order valence-electron chi connectivity index (χ4n) is 2.32. The van der Waals surface area contributed by atoms with E-state index in [2.05, 4.69) is 41.9 Å². The molecule has 0 rings (SSSR count). The summed E-state index contributed by atoms with van der Waals surface area (Å²) in [5.74, 6) is -0.617. The number of nitrogens with zero attached hydrogens (tertiary/aromatic N) is 2. The molecule has 0 aromatic rings. The summed E-state index contributed by atoms with van der Waals surface area (Å²) in [6, 6.07) is 0.139. The fourth-order valence-corrected chi connectivity index (χ4v) is 2.85. The van der Waals surface area contributed by atoms with Gasteiger partial charge in [-0.3, -0.25) is 0 Å². The molecule has 8 heteroatoms. The van der Waals surface area contributed by atoms with Crippen LogP contribution in [-0.4, -0.2) is 41.6 Å². The van der Waals surface area contributed by atoms with Gasteiger partial charge in [0, 0.05) is 11.3 Å². The SMILES string of the molecule is CCCCC(C(CC(=O)ONC#N)C(S)C(N)S)N(C)C. The summed E-state index contributed by atoms with van der Waals surface area (Å²) in [6.45, 7) is 2.12. The summed E-state index contributed by atoms with van der Waals surface area (Å²) in [7, 11) is 3.94. The van der Waals surface area contributed by atoms with Crippen molar-refractivity contribution in [2.24, 2.45) is 11.7 Å². The lowest BCUT2D eigenvalue weighted by Gasteiger charge is -2.36. The van der Waals surface area contributed by atoms with E-state index >= 15 is 0 Å². The second kappa shape index (κ2) is 11.0. The molecule has 0 aliphatic heterocycles. The molecule has 0 bridgehead atoms. The van der Waals surface area contributed by atoms with Gasteiger partial charge in [-0.1, -0.05) is 19.8 Å². The summed E-state index contributed by atoms with van der Waals surface area (Å²) in [5.41, 5.74) is 7.73. The first-order chi connectivity index (χ1) is 9.84. The Bertz CT molecular complexity index is 348. The summed E-state index contributed by atoms with van der Waals surface area (Å²) in [5, 5.41) is 7.66. The zero-order chi connectivity index (χ0) is 16.4. The number of nitrogens with two attached hydrogens (primary N) is 1. The van der Waals surface area contributed by atoms with Gasteiger partial charge in [-0.05, 0) is 26.4 Å². The highest BCUT2D eigenvalue weighted by atomic mass is 32.1. The molecule has 0 aliphatic rings. The monoisotopic (exact) mass is 334 g/mol. The van der Waals surface area contributed by atoms with Crippen LogP contribution in [0.4, 0.5) is 0 Å². The molecule has 4 atom stereocenters. The Balaban J connectivity index is 4.99. The van der Waals surface area contributed by atoms with E-state index in [1.165, 1.54) is 0 Å². The normalized spacial score (nSPS) is 16.7. The third-order valence-corrected chi connectivity index (χ3v) is 4.67. The van der Waals surface area contributed by atoms with E-state index in [0.717, 1.165) is 19.3 Å². The number of nitrogens with one attached hydrogen (secondary N) is 1. The summed E-state index contributed by atoms with van der Waals surface area (Å²) < 4.78 is 0. The summed E-state index contributed by atoms with van der Waals surface area (Å²) in [4.78, 5) is 18.5. The van der Waals surface area contributed by atoms with Gasteiger partial charge >= 0.3 is 5.97 Å². The number of nitriles is 1. The van der Waals surface area contributed by atoms with E-state index < -0.39 is 11.3 Å². The average molecular weight is 335 g/mol. The molecule has 0 aliphatic carbocycles. The third kappa shape index (κ3) is 7.81. The predicted molar refractivity (Wildman–Crippen MR) is 89.7 cm³/mol. The van der Waals surface area contributed by atoms with Crippen LogP contribution in [0.15, 0.2) is 0 Å². The number of unbranched alkanes of at least 4 members (excludes halogenated alkanes) is 1. The second-order valence-electron chi connectivity index (χ2n) is 5.21. The number of hydrogen-bond donors (Lipinski definition) is 4. The molecule has 0 saturated carbocycles. The van der Waals surface area contributed by atoms with Gasteiger partial charge in [-0.2, -0.15) is 36.0 Å². The summed E-state index contributed by atoms with van der Waals surface area (Å²) >= 11 is 8.76. The average Bonchev–Trinajstić information content (AvgIpc) is 2.42. The Kier molecular flexibility index (Phi) is 10.7. The predicted octanol–water partition coefficient (Wildman–Crippen LogP) is 1.15. The number of hydrogen-bond acceptors (Lipinski definition) is 8. The van der Waals surface area contributed by atoms with Gasteiger partial charge < -0.3 is 15.5 Å². The second-order valence-corrected chi connectivity index (χ2v) is 6.40. The largest absolute Gasteiger partial charge is 0.334 e. The lowest BCUT2D eigenvalue weighted by molar-refractivity contribution is -0.150. The minimum Gasteiger partial charge on any atom is -0.334 e. The smallest absolute Gasteiger partial charge is 0.333 e. The number of carbonyl (C=O) groups excluding carboxylic acids is 1. The number of hydroxylamine groups is 1. The molecule has 3 N–H and O–H groups in total. The molecule has 0 amide bonds. The molecule has 0 spiro atoms. The highest BCUT2D eigenvalue weighted by Crippen LogP contribution is 2.28. The molecule has 21 heavy (non-hydrogen) atoms. The van der Waals surface area contributed by atoms with E-state index in [0.29, 0.717) is 0 Å². The van der Waals surface area contributed by atoms with Crippen LogP contribution in [0.1, 0.15) is 32.6 Å². The van der Waals surface area contributed by atoms with Crippen LogP contribution in [0.2, 0.25) is 0 Å². The van der Waals surface area contributed by atoms with Crippen molar-refractivity contribution in [3.63, 3.8) is 0 Å². The molecule has 122 valence electrons. The minimum absolute atomic E-state index is 0.115. The first kappa shape index (κ1) is 20.4. The molecule has 0 radical (unpaired) electrons. The first-order valence-electron chi connectivity index (χ1n) is 6.97. The van der Waals surface area contributed by atoms with Gasteiger partial charge in [0.15, 0.2) is 0 Å². The maximum atomic E-state index is 11.8. The lowest BCUT2D eigenvalue weighted by atomic mass is 9.88. The van der Waals surface area contributed by atoms with Crippen molar-refractivity contribution >= 4 is 31.2 Å². The number of rotatable bonds is 10. The van der Waals surface area contributed by atoms with Gasteiger partial charge in [0.2, 0.25) is 6.19 Å². The molecular weight excluding hydrogens is 308 g/mol. The van der Waals surface area contributed by atoms with E-state index in [9.17, 15) is 4.79 Å². The number of thiol groups is 2. The topological polar surface area (TPSA) is 91.4 Å². The lowest BCUT2D eigenvalue weighted by Crippen LogP contribution is -2.45. The van der Waals surface area contributed by atoms with Crippen molar-refractivity contribution in [1.29, 1.82) is 5.26 Å². The molecule has 0 aromatic carbocycles. The van der Waals surface area contributed by atoms with Crippen molar-refractivity contribution in [1.82, 2.24) is 10.4 Å². The highest BCUT2D eigenvalue weighted by Gasteiger charge is 2.33. The molecule has 0 fully saturated rings. The molecular formula is C13H26N4O2S2. The Morgan fingerprint density at radius 3 is 2.52 bits per heavy atom. The molecule has 6 nitrogen and oxygen atoms in total. The minimum atomic E-state index is -0.502. The van der Waals surface area contributed by atoms with Crippen LogP contribution < -0.4 is 11.2 Å². The number of carbonyl (C=O) groups is 1. The van der Waals surface area contributed by atoms with Gasteiger partial charge in [-0.15, -0.1) is 0 Å². The first-order valence-corrected chi connectivity index (χ1v) is 8.00. The zero-order valence-electron chi connectivity index (χ0n) is 12.8. The van der Waals surface area contributed by atoms with Crippen LogP contribution in [0.25, 0.3) is 0 Å². The van der Waals surface area contributed by atoms with Gasteiger partial charge in [0.05, 0.1) is 11.8 Å². The van der Waals surface area contributed by atoms with Crippen LogP contribution in [0.5, 0.6) is 0 Å². The Labute approximate surface area is 138 Å². The molecule has 0 heterocycles. The quantitative estimate of drug-likeness (QED) is 0.158. The van der Waals surface area contributed by atoms with Gasteiger partial charge in [-0.25, -0.2) is 4.79 Å². The van der Waals surface area contributed by atoms with Crippen molar-refractivity contribution in [3.05, 3.63) is 0 Å². The van der Waals surface area contributed by atoms with Crippen LogP contribution in [-0.2, 0) is 9.63 Å². The van der Waals surface area contributed by atoms with Crippen LogP contribution in [0.3, 0.4) is 0 Å². The fraction of sp³-hybridized carbons (Fsp3) is 0.846. The van der Waals surface area contributed by atoms with Gasteiger partial charge in [0.1, 0.15) is 0 Å². The van der Waals surface area contributed by atoms with E-state index in [-0.39, 0.29) is 23.6 Å². The van der Waals surface area contributed by atoms with Crippen LogP contribution >= 0.6 is 25.3 Å². The van der Waals surface area contributed by atoms with Crippen molar-refractivity contribution in [2.75, 3.05) is 14.1 Å². The van der Waals surface area contributed by atoms with E-state index in [1.54, 1.807) is 6.19 Å². The highest BCUT2D eigenvalue weighted by molar-refractivity contribution is 7.85. The van der Waals surface area contributed by atoms with Crippen molar-refractivity contribution < 1.29 is 9.63 Å². The standard InChI is InChI=1S/C13H26N4O2S2/c1-4-5-6-10(17(2)3)9(12(20)13(15)21)7-11(18)19-16-8-14/h9-10,12-13,16,20-21H,4-7,15H2,1-3H3. The molecule has 4 unspecified atom stereocenters. The van der Waals surface area contributed by atoms with Crippen molar-refractivity contribution in [3.8, 4) is 6.19 Å². The molecule has 0 saturated heterocycles. The zero-order valence-corrected chi connectivity index (χ0v) is 14.6. The Morgan fingerprint density at radius 1 is 1.48 bits per heavy atom. The summed E-state index contributed by atoms with van der Waals surface area (Å²) in [6.07, 6.45) is 4.73. The van der Waals surface area contributed by atoms with Crippen LogP contribution in [0, 0.1) is 17.4 Å². The van der Waals surface area contributed by atoms with E-state index in [1.807, 2.05) is 19.6 Å². The molecule has 0 aromatic heterocycles. The van der Waals surface area contributed by atoms with E-state index in [4.69, 9.17) is 11.0 Å². The van der Waals surface area contributed by atoms with Crippen molar-refractivity contribution in [2.45, 2.75) is 49.3 Å². The third-order valence-electron chi connectivity index (χ3n) is 3.41. The Morgan fingerprint density at radius 2 is 2.10 bits per heavy atom. The van der Waals surface area contributed by atoms with Gasteiger partial charge in [0.25, 0.3) is 0 Å².